The highest BCUT2D eigenvalue weighted by atomic mass is 79.9. The molecule has 0 saturated carbocycles. The van der Waals surface area contributed by atoms with Crippen molar-refractivity contribution >= 4 is 15.9 Å². The lowest BCUT2D eigenvalue weighted by molar-refractivity contribution is 0.224. The lowest BCUT2D eigenvalue weighted by atomic mass is 10.0. The summed E-state index contributed by atoms with van der Waals surface area (Å²) in [6.07, 6.45) is 2.44. The molecule has 1 aromatic carbocycles. The molecule has 0 aromatic heterocycles. The molecular weight excluding hydrogens is 290 g/mol. The van der Waals surface area contributed by atoms with Crippen LogP contribution in [-0.2, 0) is 6.54 Å². The van der Waals surface area contributed by atoms with Gasteiger partial charge in [0.05, 0.1) is 4.47 Å². The molecule has 1 N–H and O–H groups in total. The molecular formula is C15H24BrNO. The summed E-state index contributed by atoms with van der Waals surface area (Å²) in [6, 6.07) is 5.84. The number of hydrogen-bond acceptors (Lipinski definition) is 2. The Bertz CT molecular complexity index is 364. The number of halogens is 1. The third-order valence-electron chi connectivity index (χ3n) is 3.58. The standard InChI is InChI=1S/C15H24BrNO/c1-4-12(5-2)10-17(6-3)11-13-8-7-9-14(16)15(13)18/h7-9,12,18H,4-6,10-11H2,1-3H3. The third kappa shape index (κ3) is 4.29. The number of rotatable bonds is 7. The molecule has 102 valence electrons. The van der Waals surface area contributed by atoms with E-state index < -0.39 is 0 Å². The number of hydrogen-bond donors (Lipinski definition) is 1. The Labute approximate surface area is 119 Å². The number of phenolic OH excluding ortho intramolecular Hbond substituents is 1. The predicted octanol–water partition coefficient (Wildman–Crippen LogP) is 4.41. The third-order valence-corrected chi connectivity index (χ3v) is 4.22. The normalized spacial score (nSPS) is 11.4. The van der Waals surface area contributed by atoms with Crippen LogP contribution in [0.2, 0.25) is 0 Å². The van der Waals surface area contributed by atoms with Crippen LogP contribution in [0.5, 0.6) is 5.75 Å². The van der Waals surface area contributed by atoms with Crippen molar-refractivity contribution in [3.05, 3.63) is 28.2 Å². The van der Waals surface area contributed by atoms with Crippen LogP contribution in [0.25, 0.3) is 0 Å². The van der Waals surface area contributed by atoms with Crippen molar-refractivity contribution in [3.8, 4) is 5.75 Å². The van der Waals surface area contributed by atoms with E-state index in [0.29, 0.717) is 5.75 Å². The summed E-state index contributed by atoms with van der Waals surface area (Å²) in [5, 5.41) is 10.0. The monoisotopic (exact) mass is 313 g/mol. The van der Waals surface area contributed by atoms with Crippen LogP contribution in [-0.4, -0.2) is 23.1 Å². The first-order valence-electron chi connectivity index (χ1n) is 6.80. The molecule has 1 rings (SSSR count). The maximum atomic E-state index is 10.0. The van der Waals surface area contributed by atoms with Crippen molar-refractivity contribution in [2.24, 2.45) is 5.92 Å². The Morgan fingerprint density at radius 3 is 2.44 bits per heavy atom. The minimum Gasteiger partial charge on any atom is -0.506 e. The minimum atomic E-state index is 0.375. The number of nitrogens with zero attached hydrogens (tertiary/aromatic N) is 1. The summed E-state index contributed by atoms with van der Waals surface area (Å²) >= 11 is 3.37. The van der Waals surface area contributed by atoms with Gasteiger partial charge in [-0.25, -0.2) is 0 Å². The summed E-state index contributed by atoms with van der Waals surface area (Å²) in [7, 11) is 0. The Morgan fingerprint density at radius 2 is 1.89 bits per heavy atom. The SMILES string of the molecule is CCC(CC)CN(CC)Cc1cccc(Br)c1O. The topological polar surface area (TPSA) is 23.5 Å². The molecule has 0 aliphatic rings. The number of phenols is 1. The summed E-state index contributed by atoms with van der Waals surface area (Å²) in [5.41, 5.74) is 0.997. The van der Waals surface area contributed by atoms with Crippen LogP contribution >= 0.6 is 15.9 Å². The number of aromatic hydroxyl groups is 1. The van der Waals surface area contributed by atoms with Gasteiger partial charge >= 0.3 is 0 Å². The van der Waals surface area contributed by atoms with Gasteiger partial charge in [0, 0.05) is 18.7 Å². The molecule has 0 fully saturated rings. The molecule has 0 saturated heterocycles. The molecule has 0 amide bonds. The number of para-hydroxylation sites is 1. The quantitative estimate of drug-likeness (QED) is 0.805. The van der Waals surface area contributed by atoms with Crippen molar-refractivity contribution in [2.45, 2.75) is 40.2 Å². The zero-order valence-corrected chi connectivity index (χ0v) is 13.2. The lowest BCUT2D eigenvalue weighted by Crippen LogP contribution is -2.28. The predicted molar refractivity (Wildman–Crippen MR) is 80.8 cm³/mol. The van der Waals surface area contributed by atoms with E-state index in [-0.39, 0.29) is 0 Å². The van der Waals surface area contributed by atoms with E-state index in [9.17, 15) is 5.11 Å². The van der Waals surface area contributed by atoms with Gasteiger partial charge in [-0.1, -0.05) is 45.7 Å². The summed E-state index contributed by atoms with van der Waals surface area (Å²) < 4.78 is 0.776. The van der Waals surface area contributed by atoms with Crippen molar-refractivity contribution in [1.29, 1.82) is 0 Å². The zero-order chi connectivity index (χ0) is 13.5. The molecule has 0 bridgehead atoms. The van der Waals surface area contributed by atoms with Crippen molar-refractivity contribution in [3.63, 3.8) is 0 Å². The molecule has 3 heteroatoms. The zero-order valence-electron chi connectivity index (χ0n) is 11.6. The van der Waals surface area contributed by atoms with Gasteiger partial charge in [0.25, 0.3) is 0 Å². The molecule has 0 radical (unpaired) electrons. The molecule has 1 aromatic rings. The molecule has 0 spiro atoms. The number of benzene rings is 1. The van der Waals surface area contributed by atoms with Gasteiger partial charge in [-0.05, 0) is 34.5 Å². The maximum absolute atomic E-state index is 10.0. The fourth-order valence-electron chi connectivity index (χ4n) is 2.15. The van der Waals surface area contributed by atoms with Crippen LogP contribution < -0.4 is 0 Å². The highest BCUT2D eigenvalue weighted by Gasteiger charge is 2.13. The van der Waals surface area contributed by atoms with Crippen LogP contribution in [0.3, 0.4) is 0 Å². The van der Waals surface area contributed by atoms with Gasteiger partial charge in [0.2, 0.25) is 0 Å². The summed E-state index contributed by atoms with van der Waals surface area (Å²) in [5.74, 6) is 1.12. The Kier molecular flexibility index (Phi) is 6.72. The second-order valence-corrected chi connectivity index (χ2v) is 5.61. The Hall–Kier alpha value is -0.540. The van der Waals surface area contributed by atoms with E-state index in [1.165, 1.54) is 12.8 Å². The van der Waals surface area contributed by atoms with Gasteiger partial charge in [-0.3, -0.25) is 4.90 Å². The Balaban J connectivity index is 2.70. The highest BCUT2D eigenvalue weighted by Crippen LogP contribution is 2.28. The second kappa shape index (κ2) is 7.80. The Morgan fingerprint density at radius 1 is 1.22 bits per heavy atom. The van der Waals surface area contributed by atoms with Crippen LogP contribution in [0.4, 0.5) is 0 Å². The molecule has 0 atom stereocenters. The van der Waals surface area contributed by atoms with Crippen molar-refractivity contribution in [2.75, 3.05) is 13.1 Å². The highest BCUT2D eigenvalue weighted by molar-refractivity contribution is 9.10. The minimum absolute atomic E-state index is 0.375. The lowest BCUT2D eigenvalue weighted by Gasteiger charge is -2.25. The van der Waals surface area contributed by atoms with Gasteiger partial charge in [-0.2, -0.15) is 0 Å². The largest absolute Gasteiger partial charge is 0.506 e. The van der Waals surface area contributed by atoms with Crippen LogP contribution in [0.15, 0.2) is 22.7 Å². The molecule has 0 heterocycles. The first kappa shape index (κ1) is 15.5. The average molecular weight is 314 g/mol. The fourth-order valence-corrected chi connectivity index (χ4v) is 2.55. The fraction of sp³-hybridized carbons (Fsp3) is 0.600. The maximum Gasteiger partial charge on any atom is 0.134 e. The summed E-state index contributed by atoms with van der Waals surface area (Å²) in [4.78, 5) is 2.40. The van der Waals surface area contributed by atoms with E-state index in [2.05, 4.69) is 41.6 Å². The van der Waals surface area contributed by atoms with E-state index in [4.69, 9.17) is 0 Å². The molecule has 18 heavy (non-hydrogen) atoms. The second-order valence-electron chi connectivity index (χ2n) is 4.76. The molecule has 2 nitrogen and oxygen atoms in total. The van der Waals surface area contributed by atoms with E-state index >= 15 is 0 Å². The van der Waals surface area contributed by atoms with Gasteiger partial charge in [0.1, 0.15) is 5.75 Å². The molecule has 0 unspecified atom stereocenters. The van der Waals surface area contributed by atoms with E-state index in [1.807, 2.05) is 18.2 Å². The molecule has 0 aliphatic heterocycles. The first-order chi connectivity index (χ1) is 8.62. The van der Waals surface area contributed by atoms with Gasteiger partial charge in [0.15, 0.2) is 0 Å². The molecule has 0 aliphatic carbocycles. The van der Waals surface area contributed by atoms with Crippen molar-refractivity contribution in [1.82, 2.24) is 4.90 Å². The average Bonchev–Trinajstić information content (AvgIpc) is 2.39. The summed E-state index contributed by atoms with van der Waals surface area (Å²) in [6.45, 7) is 9.62. The van der Waals surface area contributed by atoms with Crippen molar-refractivity contribution < 1.29 is 5.11 Å². The smallest absolute Gasteiger partial charge is 0.134 e. The first-order valence-corrected chi connectivity index (χ1v) is 7.60. The van der Waals surface area contributed by atoms with Crippen LogP contribution in [0, 0.1) is 5.92 Å². The van der Waals surface area contributed by atoms with E-state index in [0.717, 1.165) is 35.6 Å². The van der Waals surface area contributed by atoms with E-state index in [1.54, 1.807) is 0 Å². The van der Waals surface area contributed by atoms with Crippen LogP contribution in [0.1, 0.15) is 39.2 Å². The van der Waals surface area contributed by atoms with Gasteiger partial charge in [-0.15, -0.1) is 0 Å². The van der Waals surface area contributed by atoms with Gasteiger partial charge < -0.3 is 5.11 Å².